The van der Waals surface area contributed by atoms with Crippen molar-refractivity contribution in [2.45, 2.75) is 136 Å². The maximum absolute atomic E-state index is 14.0. The molecule has 5 fully saturated rings. The Hall–Kier alpha value is -1.06. The fourth-order valence-corrected chi connectivity index (χ4v) is 7.99. The van der Waals surface area contributed by atoms with Crippen LogP contribution < -0.4 is 0 Å². The third-order valence-electron chi connectivity index (χ3n) is 10.0. The predicted molar refractivity (Wildman–Crippen MR) is 126 cm³/mol. The normalized spacial score (nSPS) is 35.0. The van der Waals surface area contributed by atoms with Crippen molar-refractivity contribution in [3.05, 3.63) is 0 Å². The molecule has 0 heterocycles. The van der Waals surface area contributed by atoms with Gasteiger partial charge in [-0.15, -0.1) is 0 Å². The Morgan fingerprint density at radius 2 is 1.47 bits per heavy atom. The minimum absolute atomic E-state index is 0.0241. The van der Waals surface area contributed by atoms with Crippen molar-refractivity contribution >= 4 is 11.9 Å². The monoisotopic (exact) mass is 446 g/mol. The standard InChI is InChI=1S/C28H46O4/c1-6-25(4,5)23(29)31-27-17-20-14-21(18-27)16-26(15-20,19-27)24(30)32-28(7-2,8-3)22-12-10-9-11-13-22/h20-22H,6-19H2,1-5H3. The Balaban J connectivity index is 1.56. The van der Waals surface area contributed by atoms with E-state index in [0.29, 0.717) is 24.2 Å². The van der Waals surface area contributed by atoms with Crippen LogP contribution in [0, 0.1) is 28.6 Å². The molecule has 5 rings (SSSR count). The van der Waals surface area contributed by atoms with Crippen LogP contribution in [0.5, 0.6) is 0 Å². The Morgan fingerprint density at radius 1 is 0.875 bits per heavy atom. The summed E-state index contributed by atoms with van der Waals surface area (Å²) >= 11 is 0. The van der Waals surface area contributed by atoms with Crippen molar-refractivity contribution in [3.8, 4) is 0 Å². The summed E-state index contributed by atoms with van der Waals surface area (Å²) in [5, 5.41) is 0. The fourth-order valence-electron chi connectivity index (χ4n) is 7.99. The number of carbonyl (C=O) groups is 2. The van der Waals surface area contributed by atoms with E-state index in [-0.39, 0.29) is 17.5 Å². The van der Waals surface area contributed by atoms with Gasteiger partial charge in [0.1, 0.15) is 11.2 Å². The number of hydrogen-bond donors (Lipinski definition) is 0. The molecule has 5 aliphatic carbocycles. The summed E-state index contributed by atoms with van der Waals surface area (Å²) in [4.78, 5) is 27.0. The van der Waals surface area contributed by atoms with Gasteiger partial charge in [-0.25, -0.2) is 0 Å². The van der Waals surface area contributed by atoms with Crippen LogP contribution in [0.15, 0.2) is 0 Å². The first-order chi connectivity index (χ1) is 15.1. The highest BCUT2D eigenvalue weighted by Crippen LogP contribution is 2.64. The van der Waals surface area contributed by atoms with Crippen molar-refractivity contribution < 1.29 is 19.1 Å². The second kappa shape index (κ2) is 8.62. The quantitative estimate of drug-likeness (QED) is 0.377. The summed E-state index contributed by atoms with van der Waals surface area (Å²) in [5.74, 6) is 1.38. The van der Waals surface area contributed by atoms with Crippen molar-refractivity contribution in [2.75, 3.05) is 0 Å². The van der Waals surface area contributed by atoms with Crippen molar-refractivity contribution in [3.63, 3.8) is 0 Å². The second-order valence-corrected chi connectivity index (χ2v) is 12.5. The molecule has 4 nitrogen and oxygen atoms in total. The third-order valence-corrected chi connectivity index (χ3v) is 10.0. The summed E-state index contributed by atoms with van der Waals surface area (Å²) in [6.45, 7) is 10.4. The minimum Gasteiger partial charge on any atom is -0.459 e. The number of esters is 2. The highest BCUT2D eigenvalue weighted by Gasteiger charge is 2.64. The number of hydrogen-bond acceptors (Lipinski definition) is 4. The van der Waals surface area contributed by atoms with Crippen LogP contribution in [-0.2, 0) is 19.1 Å². The Labute approximate surface area is 195 Å². The summed E-state index contributed by atoms with van der Waals surface area (Å²) in [5.41, 5.74) is -1.71. The molecule has 0 N–H and O–H groups in total. The van der Waals surface area contributed by atoms with E-state index >= 15 is 0 Å². The van der Waals surface area contributed by atoms with Crippen molar-refractivity contribution in [1.29, 1.82) is 0 Å². The van der Waals surface area contributed by atoms with Gasteiger partial charge in [-0.3, -0.25) is 9.59 Å². The average Bonchev–Trinajstić information content (AvgIpc) is 2.76. The Morgan fingerprint density at radius 3 is 2.00 bits per heavy atom. The predicted octanol–water partition coefficient (Wildman–Crippen LogP) is 6.99. The Kier molecular flexibility index (Phi) is 6.48. The summed E-state index contributed by atoms with van der Waals surface area (Å²) in [7, 11) is 0. The van der Waals surface area contributed by atoms with Crippen molar-refractivity contribution in [1.82, 2.24) is 0 Å². The zero-order valence-electron chi connectivity index (χ0n) is 21.3. The third kappa shape index (κ3) is 4.13. The molecule has 5 saturated carbocycles. The van der Waals surface area contributed by atoms with Gasteiger partial charge in [0, 0.05) is 6.42 Å². The molecule has 0 aromatic heterocycles. The molecule has 182 valence electrons. The topological polar surface area (TPSA) is 52.6 Å². The summed E-state index contributed by atoms with van der Waals surface area (Å²) < 4.78 is 13.0. The molecular weight excluding hydrogens is 400 g/mol. The van der Waals surface area contributed by atoms with Gasteiger partial charge in [-0.1, -0.05) is 40.0 Å². The van der Waals surface area contributed by atoms with Gasteiger partial charge < -0.3 is 9.47 Å². The zero-order chi connectivity index (χ0) is 23.2. The summed E-state index contributed by atoms with van der Waals surface area (Å²) in [6.07, 6.45) is 14.3. The minimum atomic E-state index is -0.475. The highest BCUT2D eigenvalue weighted by atomic mass is 16.6. The van der Waals surface area contributed by atoms with E-state index < -0.39 is 16.4 Å². The molecule has 0 radical (unpaired) electrons. The fraction of sp³-hybridized carbons (Fsp3) is 0.929. The molecular formula is C28H46O4. The number of ether oxygens (including phenoxy) is 2. The zero-order valence-corrected chi connectivity index (χ0v) is 21.3. The van der Waals surface area contributed by atoms with Gasteiger partial charge in [0.15, 0.2) is 0 Å². The van der Waals surface area contributed by atoms with E-state index in [9.17, 15) is 9.59 Å². The molecule has 32 heavy (non-hydrogen) atoms. The maximum atomic E-state index is 14.0. The molecule has 5 aliphatic rings. The van der Waals surface area contributed by atoms with Gasteiger partial charge in [-0.2, -0.15) is 0 Å². The number of carbonyl (C=O) groups excluding carboxylic acids is 2. The molecule has 0 aliphatic heterocycles. The van der Waals surface area contributed by atoms with Crippen LogP contribution in [0.2, 0.25) is 0 Å². The van der Waals surface area contributed by atoms with Gasteiger partial charge in [0.2, 0.25) is 0 Å². The van der Waals surface area contributed by atoms with E-state index in [1.165, 1.54) is 38.5 Å². The second-order valence-electron chi connectivity index (χ2n) is 12.5. The van der Waals surface area contributed by atoms with Gasteiger partial charge in [0.05, 0.1) is 10.8 Å². The van der Waals surface area contributed by atoms with Crippen LogP contribution in [0.3, 0.4) is 0 Å². The smallest absolute Gasteiger partial charge is 0.312 e. The largest absolute Gasteiger partial charge is 0.459 e. The molecule has 2 unspecified atom stereocenters. The molecule has 0 amide bonds. The van der Waals surface area contributed by atoms with Crippen LogP contribution >= 0.6 is 0 Å². The first kappa shape index (κ1) is 24.1. The van der Waals surface area contributed by atoms with Gasteiger partial charge >= 0.3 is 11.9 Å². The maximum Gasteiger partial charge on any atom is 0.312 e. The van der Waals surface area contributed by atoms with Gasteiger partial charge in [0.25, 0.3) is 0 Å². The van der Waals surface area contributed by atoms with E-state index in [4.69, 9.17) is 9.47 Å². The molecule has 0 spiro atoms. The van der Waals surface area contributed by atoms with Crippen molar-refractivity contribution in [2.24, 2.45) is 28.6 Å². The lowest BCUT2D eigenvalue weighted by Crippen LogP contribution is -2.61. The van der Waals surface area contributed by atoms with Crippen LogP contribution in [0.1, 0.15) is 125 Å². The lowest BCUT2D eigenvalue weighted by Gasteiger charge is -2.60. The summed E-state index contributed by atoms with van der Waals surface area (Å²) in [6, 6.07) is 0. The molecule has 2 atom stereocenters. The lowest BCUT2D eigenvalue weighted by molar-refractivity contribution is -0.226. The van der Waals surface area contributed by atoms with Gasteiger partial charge in [-0.05, 0) is 95.8 Å². The highest BCUT2D eigenvalue weighted by molar-refractivity contribution is 5.79. The first-order valence-corrected chi connectivity index (χ1v) is 13.6. The van der Waals surface area contributed by atoms with E-state index in [1.807, 2.05) is 20.8 Å². The molecule has 4 bridgehead atoms. The van der Waals surface area contributed by atoms with Crippen LogP contribution in [0.4, 0.5) is 0 Å². The van der Waals surface area contributed by atoms with Crippen LogP contribution in [-0.4, -0.2) is 23.1 Å². The molecule has 0 aromatic rings. The molecule has 4 heteroatoms. The first-order valence-electron chi connectivity index (χ1n) is 13.6. The lowest BCUT2D eigenvalue weighted by atomic mass is 9.47. The SMILES string of the molecule is CCC(C)(C)C(=O)OC12CC3CC(C1)CC(C(=O)OC(CC)(CC)C1CCCCC1)(C3)C2. The molecule has 0 saturated heterocycles. The number of rotatable bonds is 8. The average molecular weight is 447 g/mol. The molecule has 0 aromatic carbocycles. The van der Waals surface area contributed by atoms with Crippen LogP contribution in [0.25, 0.3) is 0 Å². The van der Waals surface area contributed by atoms with E-state index in [2.05, 4.69) is 13.8 Å². The van der Waals surface area contributed by atoms with E-state index in [0.717, 1.165) is 44.9 Å². The van der Waals surface area contributed by atoms with E-state index in [1.54, 1.807) is 0 Å². The Bertz CT molecular complexity index is 699.